The van der Waals surface area contributed by atoms with E-state index in [2.05, 4.69) is 20.6 Å². The molecular weight excluding hydrogens is 248 g/mol. The predicted octanol–water partition coefficient (Wildman–Crippen LogP) is 2.50. The molecule has 0 bridgehead atoms. The Kier molecular flexibility index (Phi) is 3.46. The fourth-order valence-electron chi connectivity index (χ4n) is 2.16. The Morgan fingerprint density at radius 3 is 2.60 bits per heavy atom. The second-order valence-electron chi connectivity index (χ2n) is 4.75. The number of pyridine rings is 1. The zero-order valence-electron chi connectivity index (χ0n) is 11.1. The first-order chi connectivity index (χ1) is 9.81. The summed E-state index contributed by atoms with van der Waals surface area (Å²) in [5, 5.41) is 0. The van der Waals surface area contributed by atoms with E-state index in [9.17, 15) is 0 Å². The summed E-state index contributed by atoms with van der Waals surface area (Å²) in [6, 6.07) is 11.9. The minimum Gasteiger partial charge on any atom is -0.399 e. The molecule has 1 aromatic carbocycles. The van der Waals surface area contributed by atoms with Gasteiger partial charge in [0.25, 0.3) is 0 Å². The van der Waals surface area contributed by atoms with E-state index in [4.69, 9.17) is 5.73 Å². The Labute approximate surface area is 117 Å². The second kappa shape index (κ2) is 5.57. The number of hydrogen-bond acceptors (Lipinski definition) is 3. The van der Waals surface area contributed by atoms with Crippen LogP contribution in [0.3, 0.4) is 0 Å². The number of nitrogens with zero attached hydrogens (tertiary/aromatic N) is 3. The van der Waals surface area contributed by atoms with Crippen molar-refractivity contribution in [3.05, 3.63) is 78.1 Å². The molecule has 0 spiro atoms. The lowest BCUT2D eigenvalue weighted by Gasteiger charge is -2.08. The SMILES string of the molecule is Nc1ccc(Cn2ccnc2Cc2cccnc2)cc1. The van der Waals surface area contributed by atoms with Crippen molar-refractivity contribution in [2.24, 2.45) is 0 Å². The van der Waals surface area contributed by atoms with E-state index in [0.717, 1.165) is 30.0 Å². The van der Waals surface area contributed by atoms with Gasteiger partial charge < -0.3 is 10.3 Å². The third-order valence-electron chi connectivity index (χ3n) is 3.22. The number of hydrogen-bond donors (Lipinski definition) is 1. The summed E-state index contributed by atoms with van der Waals surface area (Å²) < 4.78 is 2.15. The third kappa shape index (κ3) is 2.85. The maximum atomic E-state index is 5.71. The molecule has 0 aliphatic carbocycles. The zero-order valence-corrected chi connectivity index (χ0v) is 11.1. The highest BCUT2D eigenvalue weighted by Crippen LogP contribution is 2.11. The highest BCUT2D eigenvalue weighted by atomic mass is 15.1. The van der Waals surface area contributed by atoms with Crippen LogP contribution in [0.5, 0.6) is 0 Å². The Morgan fingerprint density at radius 1 is 1.00 bits per heavy atom. The molecule has 4 heteroatoms. The maximum Gasteiger partial charge on any atom is 0.113 e. The molecule has 2 aromatic heterocycles. The number of anilines is 1. The van der Waals surface area contributed by atoms with Crippen LogP contribution in [0.4, 0.5) is 5.69 Å². The molecule has 0 amide bonds. The lowest BCUT2D eigenvalue weighted by atomic mass is 10.2. The maximum absolute atomic E-state index is 5.71. The van der Waals surface area contributed by atoms with E-state index in [0.29, 0.717) is 0 Å². The third-order valence-corrected chi connectivity index (χ3v) is 3.22. The fourth-order valence-corrected chi connectivity index (χ4v) is 2.16. The number of imidazole rings is 1. The molecule has 0 radical (unpaired) electrons. The first-order valence-electron chi connectivity index (χ1n) is 6.54. The van der Waals surface area contributed by atoms with Crippen molar-refractivity contribution in [2.45, 2.75) is 13.0 Å². The Morgan fingerprint density at radius 2 is 1.85 bits per heavy atom. The molecule has 3 aromatic rings. The van der Waals surface area contributed by atoms with Crippen LogP contribution in [0.15, 0.2) is 61.2 Å². The minimum atomic E-state index is 0.787. The van der Waals surface area contributed by atoms with Crippen LogP contribution in [0.1, 0.15) is 17.0 Å². The van der Waals surface area contributed by atoms with E-state index < -0.39 is 0 Å². The topological polar surface area (TPSA) is 56.7 Å². The smallest absolute Gasteiger partial charge is 0.113 e. The van der Waals surface area contributed by atoms with Gasteiger partial charge in [0.2, 0.25) is 0 Å². The molecule has 20 heavy (non-hydrogen) atoms. The van der Waals surface area contributed by atoms with Crippen molar-refractivity contribution in [2.75, 3.05) is 5.73 Å². The lowest BCUT2D eigenvalue weighted by Crippen LogP contribution is -2.05. The standard InChI is InChI=1S/C16H16N4/c17-15-5-3-13(4-6-15)12-20-9-8-19-16(20)10-14-2-1-7-18-11-14/h1-9,11H,10,12,17H2. The van der Waals surface area contributed by atoms with Crippen LogP contribution >= 0.6 is 0 Å². The Balaban J connectivity index is 1.78. The number of rotatable bonds is 4. The van der Waals surface area contributed by atoms with E-state index in [1.165, 1.54) is 5.56 Å². The van der Waals surface area contributed by atoms with Crippen molar-refractivity contribution in [1.82, 2.24) is 14.5 Å². The van der Waals surface area contributed by atoms with Gasteiger partial charge in [0.1, 0.15) is 5.82 Å². The summed E-state index contributed by atoms with van der Waals surface area (Å²) in [6.07, 6.45) is 8.29. The zero-order chi connectivity index (χ0) is 13.8. The normalized spacial score (nSPS) is 10.6. The van der Waals surface area contributed by atoms with Gasteiger partial charge in [0.15, 0.2) is 0 Å². The van der Waals surface area contributed by atoms with Crippen LogP contribution in [0.2, 0.25) is 0 Å². The first kappa shape index (κ1) is 12.4. The predicted molar refractivity (Wildman–Crippen MR) is 79.2 cm³/mol. The van der Waals surface area contributed by atoms with Gasteiger partial charge in [-0.2, -0.15) is 0 Å². The minimum absolute atomic E-state index is 0.787. The van der Waals surface area contributed by atoms with Crippen molar-refractivity contribution in [3.8, 4) is 0 Å². The van der Waals surface area contributed by atoms with E-state index in [-0.39, 0.29) is 0 Å². The van der Waals surface area contributed by atoms with Crippen molar-refractivity contribution >= 4 is 5.69 Å². The van der Waals surface area contributed by atoms with Gasteiger partial charge in [-0.25, -0.2) is 4.98 Å². The fraction of sp³-hybridized carbons (Fsp3) is 0.125. The molecule has 100 valence electrons. The molecule has 0 unspecified atom stereocenters. The molecule has 0 saturated carbocycles. The van der Waals surface area contributed by atoms with Gasteiger partial charge in [-0.1, -0.05) is 18.2 Å². The highest BCUT2D eigenvalue weighted by molar-refractivity contribution is 5.39. The molecule has 4 nitrogen and oxygen atoms in total. The number of aromatic nitrogens is 3. The van der Waals surface area contributed by atoms with Gasteiger partial charge in [-0.05, 0) is 29.3 Å². The molecule has 3 rings (SSSR count). The molecular formula is C16H16N4. The number of benzene rings is 1. The Hall–Kier alpha value is -2.62. The quantitative estimate of drug-likeness (QED) is 0.737. The number of nitrogens with two attached hydrogens (primary N) is 1. The second-order valence-corrected chi connectivity index (χ2v) is 4.75. The summed E-state index contributed by atoms with van der Waals surface area (Å²) in [7, 11) is 0. The summed E-state index contributed by atoms with van der Waals surface area (Å²) in [5.74, 6) is 1.04. The van der Waals surface area contributed by atoms with E-state index in [1.807, 2.05) is 48.9 Å². The summed E-state index contributed by atoms with van der Waals surface area (Å²) in [6.45, 7) is 0.801. The molecule has 0 saturated heterocycles. The van der Waals surface area contributed by atoms with Crippen molar-refractivity contribution in [3.63, 3.8) is 0 Å². The van der Waals surface area contributed by atoms with Crippen LogP contribution in [0, 0.1) is 0 Å². The van der Waals surface area contributed by atoms with Gasteiger partial charge in [0.05, 0.1) is 0 Å². The largest absolute Gasteiger partial charge is 0.399 e. The van der Waals surface area contributed by atoms with Crippen molar-refractivity contribution in [1.29, 1.82) is 0 Å². The van der Waals surface area contributed by atoms with Crippen LogP contribution in [-0.2, 0) is 13.0 Å². The van der Waals surface area contributed by atoms with Crippen molar-refractivity contribution < 1.29 is 0 Å². The number of nitrogen functional groups attached to an aromatic ring is 1. The average molecular weight is 264 g/mol. The summed E-state index contributed by atoms with van der Waals surface area (Å²) >= 11 is 0. The molecule has 0 fully saturated rings. The van der Waals surface area contributed by atoms with Crippen LogP contribution in [-0.4, -0.2) is 14.5 Å². The van der Waals surface area contributed by atoms with Gasteiger partial charge >= 0.3 is 0 Å². The summed E-state index contributed by atoms with van der Waals surface area (Å²) in [4.78, 5) is 8.57. The average Bonchev–Trinajstić information content (AvgIpc) is 2.90. The van der Waals surface area contributed by atoms with E-state index >= 15 is 0 Å². The molecule has 0 aliphatic heterocycles. The molecule has 0 aliphatic rings. The molecule has 2 heterocycles. The Bertz CT molecular complexity index is 671. The van der Waals surface area contributed by atoms with Crippen LogP contribution < -0.4 is 5.73 Å². The van der Waals surface area contributed by atoms with Gasteiger partial charge in [0, 0.05) is 43.4 Å². The highest BCUT2D eigenvalue weighted by Gasteiger charge is 2.05. The monoisotopic (exact) mass is 264 g/mol. The lowest BCUT2D eigenvalue weighted by molar-refractivity contribution is 0.740. The summed E-state index contributed by atoms with van der Waals surface area (Å²) in [5.41, 5.74) is 8.87. The molecule has 2 N–H and O–H groups in total. The van der Waals surface area contributed by atoms with Gasteiger partial charge in [-0.3, -0.25) is 4.98 Å². The molecule has 0 atom stereocenters. The van der Waals surface area contributed by atoms with Crippen LogP contribution in [0.25, 0.3) is 0 Å². The van der Waals surface area contributed by atoms with E-state index in [1.54, 1.807) is 6.20 Å². The first-order valence-corrected chi connectivity index (χ1v) is 6.54. The van der Waals surface area contributed by atoms with Gasteiger partial charge in [-0.15, -0.1) is 0 Å².